The van der Waals surface area contributed by atoms with Gasteiger partial charge in [-0.25, -0.2) is 0 Å². The second-order valence-corrected chi connectivity index (χ2v) is 8.80. The van der Waals surface area contributed by atoms with Crippen LogP contribution in [0.1, 0.15) is 59.9 Å². The lowest BCUT2D eigenvalue weighted by Gasteiger charge is -2.36. The van der Waals surface area contributed by atoms with Gasteiger partial charge in [0.1, 0.15) is 0 Å². The number of rotatable bonds is 8. The van der Waals surface area contributed by atoms with Crippen molar-refractivity contribution in [3.8, 4) is 0 Å². The molecule has 0 radical (unpaired) electrons. The van der Waals surface area contributed by atoms with Crippen LogP contribution in [-0.2, 0) is 6.42 Å². The maximum atomic E-state index is 13.7. The number of aromatic amines is 1. The number of nitro groups is 1. The fraction of sp³-hybridized carbons (Fsp3) is 0.423. The number of H-pyrrole nitrogens is 1. The predicted molar refractivity (Wildman–Crippen MR) is 131 cm³/mol. The molecule has 1 aliphatic carbocycles. The molecule has 1 heterocycles. The number of benzene rings is 2. The van der Waals surface area contributed by atoms with Crippen LogP contribution >= 0.6 is 0 Å². The van der Waals surface area contributed by atoms with Crippen molar-refractivity contribution >= 4 is 22.5 Å². The normalized spacial score (nSPS) is 15.6. The van der Waals surface area contributed by atoms with E-state index in [0.29, 0.717) is 12.1 Å². The van der Waals surface area contributed by atoms with Gasteiger partial charge >= 0.3 is 0 Å². The third kappa shape index (κ3) is 4.64. The minimum Gasteiger partial charge on any atom is -0.356 e. The van der Waals surface area contributed by atoms with E-state index < -0.39 is 4.92 Å². The number of hydrogen-bond donors (Lipinski definition) is 1. The summed E-state index contributed by atoms with van der Waals surface area (Å²) in [6.07, 6.45) is 2.93. The molecule has 2 aromatic carbocycles. The van der Waals surface area contributed by atoms with Gasteiger partial charge in [-0.05, 0) is 69.1 Å². The largest absolute Gasteiger partial charge is 0.356 e. The molecule has 1 aliphatic rings. The molecule has 0 bridgehead atoms. The Labute approximate surface area is 194 Å². The summed E-state index contributed by atoms with van der Waals surface area (Å²) in [7, 11) is 0. The summed E-state index contributed by atoms with van der Waals surface area (Å²) >= 11 is 0. The minimum atomic E-state index is -0.438. The van der Waals surface area contributed by atoms with Crippen LogP contribution in [0.2, 0.25) is 0 Å². The number of nitrogens with one attached hydrogen (secondary N) is 1. The summed E-state index contributed by atoms with van der Waals surface area (Å²) < 4.78 is 0. The number of nitro benzene ring substituents is 1. The summed E-state index contributed by atoms with van der Waals surface area (Å²) in [6.45, 7) is 9.62. The number of aryl methyl sites for hydroxylation is 2. The van der Waals surface area contributed by atoms with Gasteiger partial charge < -0.3 is 14.8 Å². The zero-order valence-corrected chi connectivity index (χ0v) is 19.6. The highest BCUT2D eigenvalue weighted by molar-refractivity contribution is 5.95. The highest BCUT2D eigenvalue weighted by Crippen LogP contribution is 2.39. The van der Waals surface area contributed by atoms with Gasteiger partial charge in [-0.15, -0.1) is 0 Å². The molecule has 0 fully saturated rings. The number of fused-ring (bicyclic) bond motifs is 3. The van der Waals surface area contributed by atoms with Crippen molar-refractivity contribution in [2.75, 3.05) is 26.2 Å². The van der Waals surface area contributed by atoms with Gasteiger partial charge in [0.2, 0.25) is 0 Å². The van der Waals surface area contributed by atoms with Crippen LogP contribution in [0.4, 0.5) is 5.69 Å². The van der Waals surface area contributed by atoms with E-state index in [4.69, 9.17) is 0 Å². The molecule has 0 unspecified atom stereocenters. The van der Waals surface area contributed by atoms with Crippen LogP contribution in [0.25, 0.3) is 10.9 Å². The quantitative estimate of drug-likeness (QED) is 0.377. The second-order valence-electron chi connectivity index (χ2n) is 8.80. The van der Waals surface area contributed by atoms with Crippen molar-refractivity contribution in [1.29, 1.82) is 0 Å². The van der Waals surface area contributed by atoms with Gasteiger partial charge in [0, 0.05) is 47.4 Å². The summed E-state index contributed by atoms with van der Waals surface area (Å²) in [5.41, 5.74) is 5.27. The van der Waals surface area contributed by atoms with Crippen LogP contribution in [0.3, 0.4) is 0 Å². The maximum absolute atomic E-state index is 13.7. The highest BCUT2D eigenvalue weighted by Gasteiger charge is 2.32. The third-order valence-electron chi connectivity index (χ3n) is 6.85. The van der Waals surface area contributed by atoms with Crippen LogP contribution in [0.15, 0.2) is 42.5 Å². The van der Waals surface area contributed by atoms with E-state index in [2.05, 4.69) is 48.9 Å². The number of amides is 1. The van der Waals surface area contributed by atoms with Gasteiger partial charge in [0.05, 0.1) is 11.0 Å². The fourth-order valence-electron chi connectivity index (χ4n) is 4.94. The van der Waals surface area contributed by atoms with E-state index >= 15 is 0 Å². The first-order valence-corrected chi connectivity index (χ1v) is 11.8. The third-order valence-corrected chi connectivity index (χ3v) is 6.85. The number of nitrogens with zero attached hydrogens (tertiary/aromatic N) is 3. The first-order valence-electron chi connectivity index (χ1n) is 11.8. The average Bonchev–Trinajstić information content (AvgIpc) is 3.20. The van der Waals surface area contributed by atoms with Gasteiger partial charge in [-0.2, -0.15) is 0 Å². The summed E-state index contributed by atoms with van der Waals surface area (Å²) in [5.74, 6) is -0.0789. The Bertz CT molecular complexity index is 1150. The molecule has 7 nitrogen and oxygen atoms in total. The number of hydrogen-bond acceptors (Lipinski definition) is 4. The molecular formula is C26H32N4O3. The molecule has 0 saturated carbocycles. The molecule has 1 aromatic heterocycles. The van der Waals surface area contributed by atoms with Crippen LogP contribution < -0.4 is 0 Å². The van der Waals surface area contributed by atoms with Crippen molar-refractivity contribution in [2.45, 2.75) is 46.1 Å². The first-order chi connectivity index (χ1) is 15.9. The summed E-state index contributed by atoms with van der Waals surface area (Å²) in [6, 6.07) is 12.4. The molecule has 1 atom stereocenters. The predicted octanol–water partition coefficient (Wildman–Crippen LogP) is 5.25. The van der Waals surface area contributed by atoms with Crippen molar-refractivity contribution in [3.05, 3.63) is 75.0 Å². The van der Waals surface area contributed by atoms with Crippen molar-refractivity contribution in [2.24, 2.45) is 0 Å². The Morgan fingerprint density at radius 2 is 1.85 bits per heavy atom. The van der Waals surface area contributed by atoms with Crippen LogP contribution in [0.5, 0.6) is 0 Å². The number of likely N-dealkylation sites (N-methyl/N-ethyl adjacent to an activating group) is 1. The zero-order valence-electron chi connectivity index (χ0n) is 19.6. The summed E-state index contributed by atoms with van der Waals surface area (Å²) in [4.78, 5) is 32.2. The van der Waals surface area contributed by atoms with Crippen molar-refractivity contribution in [3.63, 3.8) is 0 Å². The Kier molecular flexibility index (Phi) is 6.79. The average molecular weight is 449 g/mol. The number of aromatic nitrogens is 1. The second kappa shape index (κ2) is 9.75. The highest BCUT2D eigenvalue weighted by atomic mass is 16.6. The standard InChI is InChI=1S/C26H32N4O3/c1-4-28(5-2)15-16-29(26(31)19-10-12-20(13-11-19)30(32)33)24-8-6-7-21-22-17-18(3)9-14-23(22)27-25(21)24/h9-14,17,24,27H,4-8,15-16H2,1-3H3/t24-/m1/s1. The van der Waals surface area contributed by atoms with Gasteiger partial charge in [-0.3, -0.25) is 14.9 Å². The number of carbonyl (C=O) groups is 1. The Morgan fingerprint density at radius 1 is 1.12 bits per heavy atom. The fourth-order valence-corrected chi connectivity index (χ4v) is 4.94. The van der Waals surface area contributed by atoms with Crippen LogP contribution in [0, 0.1) is 17.0 Å². The van der Waals surface area contributed by atoms with Crippen molar-refractivity contribution in [1.82, 2.24) is 14.8 Å². The van der Waals surface area contributed by atoms with E-state index in [1.165, 1.54) is 28.6 Å². The molecule has 4 rings (SSSR count). The Balaban J connectivity index is 1.71. The molecule has 1 N–H and O–H groups in total. The SMILES string of the molecule is CCN(CC)CCN(C(=O)c1ccc([N+](=O)[O-])cc1)[C@@H]1CCCc2c1[nH]c1ccc(C)cc21. The molecule has 33 heavy (non-hydrogen) atoms. The maximum Gasteiger partial charge on any atom is 0.269 e. The topological polar surface area (TPSA) is 82.5 Å². The monoisotopic (exact) mass is 448 g/mol. The van der Waals surface area contributed by atoms with E-state index in [-0.39, 0.29) is 17.6 Å². The molecule has 174 valence electrons. The zero-order chi connectivity index (χ0) is 23.5. The molecule has 7 heteroatoms. The van der Waals surface area contributed by atoms with Crippen molar-refractivity contribution < 1.29 is 9.72 Å². The van der Waals surface area contributed by atoms with E-state index in [0.717, 1.165) is 50.1 Å². The van der Waals surface area contributed by atoms with Crippen LogP contribution in [-0.4, -0.2) is 51.8 Å². The van der Waals surface area contributed by atoms with E-state index in [9.17, 15) is 14.9 Å². The Hall–Kier alpha value is -3.19. The number of carbonyl (C=O) groups excluding carboxylic acids is 1. The lowest BCUT2D eigenvalue weighted by Crippen LogP contribution is -2.42. The molecule has 1 amide bonds. The lowest BCUT2D eigenvalue weighted by atomic mass is 9.90. The molecule has 3 aromatic rings. The molecule has 0 spiro atoms. The smallest absolute Gasteiger partial charge is 0.269 e. The first kappa shape index (κ1) is 23.0. The number of non-ortho nitro benzene ring substituents is 1. The Morgan fingerprint density at radius 3 is 2.52 bits per heavy atom. The molecular weight excluding hydrogens is 416 g/mol. The molecule has 0 aliphatic heterocycles. The van der Waals surface area contributed by atoms with E-state index in [1.807, 2.05) is 4.90 Å². The van der Waals surface area contributed by atoms with Gasteiger partial charge in [-0.1, -0.05) is 25.5 Å². The molecule has 0 saturated heterocycles. The lowest BCUT2D eigenvalue weighted by molar-refractivity contribution is -0.384. The summed E-state index contributed by atoms with van der Waals surface area (Å²) in [5, 5.41) is 12.3. The van der Waals surface area contributed by atoms with E-state index in [1.54, 1.807) is 12.1 Å². The van der Waals surface area contributed by atoms with Gasteiger partial charge in [0.25, 0.3) is 11.6 Å². The van der Waals surface area contributed by atoms with Gasteiger partial charge in [0.15, 0.2) is 0 Å². The minimum absolute atomic E-state index is 0.00724.